The molecule has 1 aliphatic heterocycles. The van der Waals surface area contributed by atoms with Crippen LogP contribution in [-0.2, 0) is 10.2 Å². The van der Waals surface area contributed by atoms with E-state index in [-0.39, 0.29) is 17.4 Å². The van der Waals surface area contributed by atoms with E-state index in [1.165, 1.54) is 0 Å². The van der Waals surface area contributed by atoms with E-state index in [4.69, 9.17) is 4.74 Å². The Balaban J connectivity index is 1.80. The van der Waals surface area contributed by atoms with Gasteiger partial charge in [0.15, 0.2) is 0 Å². The van der Waals surface area contributed by atoms with Crippen molar-refractivity contribution in [3.63, 3.8) is 0 Å². The summed E-state index contributed by atoms with van der Waals surface area (Å²) in [7, 11) is 1.64. The minimum Gasteiger partial charge on any atom is -0.507 e. The highest BCUT2D eigenvalue weighted by molar-refractivity contribution is 6.12. The summed E-state index contributed by atoms with van der Waals surface area (Å²) in [5.41, 5.74) is 6.69. The Hall–Kier alpha value is -4.25. The maximum absolute atomic E-state index is 14.1. The highest BCUT2D eigenvalue weighted by atomic mass is 16.5. The smallest absolute Gasteiger partial charge is 0.244 e. The van der Waals surface area contributed by atoms with Gasteiger partial charge in [0.1, 0.15) is 22.7 Å². The van der Waals surface area contributed by atoms with Gasteiger partial charge < -0.3 is 20.3 Å². The van der Waals surface area contributed by atoms with Crippen LogP contribution in [0.25, 0.3) is 11.1 Å². The number of hydrogen-bond donors (Lipinski definition) is 3. The van der Waals surface area contributed by atoms with E-state index < -0.39 is 5.41 Å². The first-order valence-corrected chi connectivity index (χ1v) is 11.9. The number of aryl methyl sites for hydroxylation is 4. The Morgan fingerprint density at radius 2 is 1.25 bits per heavy atom. The third kappa shape index (κ3) is 3.42. The van der Waals surface area contributed by atoms with Crippen molar-refractivity contribution < 1.29 is 19.7 Å². The van der Waals surface area contributed by atoms with Crippen molar-refractivity contribution >= 4 is 11.6 Å². The molecule has 5 heteroatoms. The summed E-state index contributed by atoms with van der Waals surface area (Å²) in [4.78, 5) is 14.1. The maximum atomic E-state index is 14.1. The number of carbonyl (C=O) groups is 1. The number of phenols is 2. The van der Waals surface area contributed by atoms with Gasteiger partial charge >= 0.3 is 0 Å². The third-order valence-electron chi connectivity index (χ3n) is 7.26. The third-order valence-corrected chi connectivity index (χ3v) is 7.26. The van der Waals surface area contributed by atoms with E-state index in [9.17, 15) is 15.0 Å². The number of aromatic hydroxyl groups is 2. The van der Waals surface area contributed by atoms with Crippen LogP contribution in [0, 0.1) is 27.7 Å². The molecule has 0 bridgehead atoms. The van der Waals surface area contributed by atoms with E-state index in [0.717, 1.165) is 39.3 Å². The lowest BCUT2D eigenvalue weighted by molar-refractivity contribution is -0.118. The van der Waals surface area contributed by atoms with Crippen LogP contribution in [0.4, 0.5) is 5.69 Å². The minimum absolute atomic E-state index is 0.172. The van der Waals surface area contributed by atoms with Crippen LogP contribution in [0.5, 0.6) is 17.2 Å². The molecule has 182 valence electrons. The van der Waals surface area contributed by atoms with Gasteiger partial charge in [-0.05, 0) is 90.4 Å². The lowest BCUT2D eigenvalue weighted by Gasteiger charge is -2.31. The van der Waals surface area contributed by atoms with Gasteiger partial charge in [-0.25, -0.2) is 0 Å². The molecule has 0 aromatic heterocycles. The van der Waals surface area contributed by atoms with Gasteiger partial charge in [-0.3, -0.25) is 4.79 Å². The number of rotatable bonds is 4. The number of nitrogens with one attached hydrogen (secondary N) is 1. The van der Waals surface area contributed by atoms with Gasteiger partial charge in [0.25, 0.3) is 0 Å². The van der Waals surface area contributed by atoms with E-state index in [1.807, 2.05) is 94.4 Å². The first-order valence-electron chi connectivity index (χ1n) is 11.9. The van der Waals surface area contributed by atoms with Crippen LogP contribution in [0.15, 0.2) is 66.7 Å². The second-order valence-electron chi connectivity index (χ2n) is 9.61. The zero-order valence-corrected chi connectivity index (χ0v) is 21.1. The minimum atomic E-state index is -1.14. The fraction of sp³-hybridized carbons (Fsp3) is 0.194. The molecular weight excluding hydrogens is 450 g/mol. The van der Waals surface area contributed by atoms with Crippen LogP contribution in [0.3, 0.4) is 0 Å². The van der Waals surface area contributed by atoms with Crippen LogP contribution >= 0.6 is 0 Å². The molecule has 1 amide bonds. The van der Waals surface area contributed by atoms with Gasteiger partial charge in [-0.15, -0.1) is 0 Å². The van der Waals surface area contributed by atoms with E-state index in [0.29, 0.717) is 22.3 Å². The summed E-state index contributed by atoms with van der Waals surface area (Å²) in [5, 5.41) is 24.1. The Labute approximate surface area is 211 Å². The quantitative estimate of drug-likeness (QED) is 0.321. The first-order chi connectivity index (χ1) is 17.2. The van der Waals surface area contributed by atoms with Crippen molar-refractivity contribution in [1.82, 2.24) is 0 Å². The molecule has 0 unspecified atom stereocenters. The molecule has 0 radical (unpaired) electrons. The number of amides is 1. The van der Waals surface area contributed by atoms with Crippen LogP contribution < -0.4 is 10.1 Å². The van der Waals surface area contributed by atoms with Crippen molar-refractivity contribution in [3.8, 4) is 28.4 Å². The molecule has 0 spiro atoms. The molecule has 0 saturated carbocycles. The number of methoxy groups -OCH3 is 1. The molecule has 36 heavy (non-hydrogen) atoms. The van der Waals surface area contributed by atoms with Crippen molar-refractivity contribution in [3.05, 3.63) is 106 Å². The van der Waals surface area contributed by atoms with Crippen LogP contribution in [0.2, 0.25) is 0 Å². The summed E-state index contributed by atoms with van der Waals surface area (Å²) < 4.78 is 5.39. The number of fused-ring (bicyclic) bond motifs is 1. The summed E-state index contributed by atoms with van der Waals surface area (Å²) in [6, 6.07) is 21.3. The Morgan fingerprint density at radius 1 is 0.722 bits per heavy atom. The first kappa shape index (κ1) is 23.5. The largest absolute Gasteiger partial charge is 0.507 e. The Kier molecular flexibility index (Phi) is 5.51. The molecule has 0 fully saturated rings. The molecule has 1 aliphatic rings. The zero-order valence-electron chi connectivity index (χ0n) is 21.1. The molecule has 3 N–H and O–H groups in total. The van der Waals surface area contributed by atoms with Gasteiger partial charge in [0, 0.05) is 11.3 Å². The fourth-order valence-corrected chi connectivity index (χ4v) is 5.38. The number of hydrogen-bond acceptors (Lipinski definition) is 4. The Bertz CT molecular complexity index is 1430. The molecule has 0 atom stereocenters. The fourth-order valence-electron chi connectivity index (χ4n) is 5.38. The Morgan fingerprint density at radius 3 is 1.78 bits per heavy atom. The van der Waals surface area contributed by atoms with E-state index in [2.05, 4.69) is 5.32 Å². The molecule has 4 aromatic rings. The van der Waals surface area contributed by atoms with Crippen molar-refractivity contribution in [2.45, 2.75) is 33.1 Å². The predicted molar refractivity (Wildman–Crippen MR) is 142 cm³/mol. The molecule has 0 aliphatic carbocycles. The van der Waals surface area contributed by atoms with Crippen molar-refractivity contribution in [2.24, 2.45) is 0 Å². The predicted octanol–water partition coefficient (Wildman–Crippen LogP) is 6.29. The van der Waals surface area contributed by atoms with Crippen molar-refractivity contribution in [2.75, 3.05) is 12.4 Å². The van der Waals surface area contributed by atoms with Gasteiger partial charge in [0.05, 0.1) is 7.11 Å². The number of ether oxygens (including phenoxy) is 1. The average Bonchev–Trinajstić information content (AvgIpc) is 3.16. The summed E-state index contributed by atoms with van der Waals surface area (Å²) in [6.07, 6.45) is 0. The monoisotopic (exact) mass is 479 g/mol. The number of carbonyl (C=O) groups excluding carboxylic acids is 1. The standard InChI is InChI=1S/C31H29NO4/c1-17-11-23(12-18(2)28(17)33)31(24-13-19(3)29(34)20(4)14-24)26-10-9-22(16-27(26)32-30(31)35)21-7-6-8-25(15-21)36-5/h6-16,33-34H,1-5H3,(H,32,35). The number of anilines is 1. The topological polar surface area (TPSA) is 78.8 Å². The van der Waals surface area contributed by atoms with Crippen molar-refractivity contribution in [1.29, 1.82) is 0 Å². The molecule has 5 nitrogen and oxygen atoms in total. The van der Waals surface area contributed by atoms with Gasteiger partial charge in [-0.2, -0.15) is 0 Å². The van der Waals surface area contributed by atoms with Crippen LogP contribution in [-0.4, -0.2) is 23.2 Å². The van der Waals surface area contributed by atoms with E-state index >= 15 is 0 Å². The SMILES string of the molecule is COc1cccc(-c2ccc3c(c2)NC(=O)C3(c2cc(C)c(O)c(C)c2)c2cc(C)c(O)c(C)c2)c1. The second-order valence-corrected chi connectivity index (χ2v) is 9.61. The summed E-state index contributed by atoms with van der Waals surface area (Å²) in [5.74, 6) is 1.03. The zero-order chi connectivity index (χ0) is 25.8. The normalized spacial score (nSPS) is 13.9. The molecule has 4 aromatic carbocycles. The van der Waals surface area contributed by atoms with Crippen LogP contribution in [0.1, 0.15) is 38.9 Å². The average molecular weight is 480 g/mol. The molecular formula is C31H29NO4. The maximum Gasteiger partial charge on any atom is 0.244 e. The highest BCUT2D eigenvalue weighted by Gasteiger charge is 2.50. The summed E-state index contributed by atoms with van der Waals surface area (Å²) in [6.45, 7) is 7.36. The highest BCUT2D eigenvalue weighted by Crippen LogP contribution is 2.50. The molecule has 5 rings (SSSR count). The summed E-state index contributed by atoms with van der Waals surface area (Å²) >= 11 is 0. The second kappa shape index (κ2) is 8.45. The van der Waals surface area contributed by atoms with E-state index in [1.54, 1.807) is 7.11 Å². The van der Waals surface area contributed by atoms with Gasteiger partial charge in [0.2, 0.25) is 5.91 Å². The molecule has 1 heterocycles. The lowest BCUT2D eigenvalue weighted by atomic mass is 9.68. The number of phenolic OH excluding ortho intramolecular Hbond substituents is 2. The number of benzene rings is 4. The van der Waals surface area contributed by atoms with Gasteiger partial charge in [-0.1, -0.05) is 48.5 Å². The lowest BCUT2D eigenvalue weighted by Crippen LogP contribution is -2.37. The molecule has 0 saturated heterocycles.